The number of aliphatic carboxylic acids is 1. The third kappa shape index (κ3) is 5.29. The highest BCUT2D eigenvalue weighted by Crippen LogP contribution is 2.10. The van der Waals surface area contributed by atoms with E-state index in [-0.39, 0.29) is 6.42 Å². The normalized spacial score (nSPS) is 12.4. The summed E-state index contributed by atoms with van der Waals surface area (Å²) in [4.78, 5) is 10.4. The smallest absolute Gasteiger partial charge is 0.306 e. The zero-order chi connectivity index (χ0) is 13.5. The number of aliphatic hydroxyl groups excluding tert-OH is 1. The molecule has 0 radical (unpaired) electrons. The van der Waals surface area contributed by atoms with Gasteiger partial charge in [-0.3, -0.25) is 4.79 Å². The SMILES string of the molecule is Cc1ccc(C)c(CCNCC(O)CC(=O)O)c1. The van der Waals surface area contributed by atoms with Crippen molar-refractivity contribution in [2.45, 2.75) is 32.8 Å². The van der Waals surface area contributed by atoms with Crippen LogP contribution in [-0.4, -0.2) is 35.4 Å². The quantitative estimate of drug-likeness (QED) is 0.638. The number of carboxylic acid groups (broad SMARTS) is 1. The summed E-state index contributed by atoms with van der Waals surface area (Å²) < 4.78 is 0. The lowest BCUT2D eigenvalue weighted by atomic mass is 10.0. The highest BCUT2D eigenvalue weighted by molar-refractivity contribution is 5.67. The number of carbonyl (C=O) groups is 1. The fourth-order valence-electron chi connectivity index (χ4n) is 1.84. The fourth-order valence-corrected chi connectivity index (χ4v) is 1.84. The number of aryl methyl sites for hydroxylation is 2. The van der Waals surface area contributed by atoms with Crippen LogP contribution >= 0.6 is 0 Å². The largest absolute Gasteiger partial charge is 0.481 e. The van der Waals surface area contributed by atoms with Gasteiger partial charge in [-0.15, -0.1) is 0 Å². The molecule has 0 aliphatic heterocycles. The molecule has 1 atom stereocenters. The van der Waals surface area contributed by atoms with E-state index in [2.05, 4.69) is 37.4 Å². The van der Waals surface area contributed by atoms with Gasteiger partial charge in [-0.25, -0.2) is 0 Å². The van der Waals surface area contributed by atoms with Crippen LogP contribution < -0.4 is 5.32 Å². The molecule has 100 valence electrons. The summed E-state index contributed by atoms with van der Waals surface area (Å²) in [7, 11) is 0. The summed E-state index contributed by atoms with van der Waals surface area (Å²) in [5, 5.41) is 20.9. The molecule has 18 heavy (non-hydrogen) atoms. The van der Waals surface area contributed by atoms with Gasteiger partial charge in [-0.2, -0.15) is 0 Å². The zero-order valence-corrected chi connectivity index (χ0v) is 10.9. The Morgan fingerprint density at radius 2 is 2.11 bits per heavy atom. The maximum atomic E-state index is 10.4. The lowest BCUT2D eigenvalue weighted by Crippen LogP contribution is -2.30. The molecule has 3 N–H and O–H groups in total. The van der Waals surface area contributed by atoms with Crippen LogP contribution in [0.4, 0.5) is 0 Å². The Morgan fingerprint density at radius 1 is 1.39 bits per heavy atom. The van der Waals surface area contributed by atoms with E-state index in [0.29, 0.717) is 6.54 Å². The van der Waals surface area contributed by atoms with Gasteiger partial charge in [0.05, 0.1) is 12.5 Å². The first-order valence-electron chi connectivity index (χ1n) is 6.15. The second-order valence-electron chi connectivity index (χ2n) is 4.64. The molecule has 0 saturated heterocycles. The van der Waals surface area contributed by atoms with E-state index in [9.17, 15) is 9.90 Å². The maximum absolute atomic E-state index is 10.4. The van der Waals surface area contributed by atoms with Crippen LogP contribution in [0.25, 0.3) is 0 Å². The number of hydrogen-bond acceptors (Lipinski definition) is 3. The first-order valence-corrected chi connectivity index (χ1v) is 6.15. The van der Waals surface area contributed by atoms with Gasteiger partial charge in [-0.05, 0) is 37.9 Å². The molecular formula is C14H21NO3. The first kappa shape index (κ1) is 14.7. The van der Waals surface area contributed by atoms with E-state index in [1.54, 1.807) is 0 Å². The number of hydrogen-bond donors (Lipinski definition) is 3. The Kier molecular flexibility index (Phi) is 5.82. The average molecular weight is 251 g/mol. The average Bonchev–Trinajstić information content (AvgIpc) is 2.28. The van der Waals surface area contributed by atoms with Crippen molar-refractivity contribution in [3.8, 4) is 0 Å². The molecule has 1 unspecified atom stereocenters. The molecule has 0 heterocycles. The molecule has 4 nitrogen and oxygen atoms in total. The van der Waals surface area contributed by atoms with Gasteiger partial charge in [-0.1, -0.05) is 23.8 Å². The van der Waals surface area contributed by atoms with Crippen LogP contribution in [-0.2, 0) is 11.2 Å². The summed E-state index contributed by atoms with van der Waals surface area (Å²) in [5.41, 5.74) is 3.78. The zero-order valence-electron chi connectivity index (χ0n) is 10.9. The van der Waals surface area contributed by atoms with Gasteiger partial charge in [0, 0.05) is 6.54 Å². The summed E-state index contributed by atoms with van der Waals surface area (Å²) in [6, 6.07) is 6.34. The van der Waals surface area contributed by atoms with Crippen molar-refractivity contribution in [3.05, 3.63) is 34.9 Å². The van der Waals surface area contributed by atoms with E-state index in [1.165, 1.54) is 16.7 Å². The Bertz CT molecular complexity index is 404. The Morgan fingerprint density at radius 3 is 2.78 bits per heavy atom. The topological polar surface area (TPSA) is 69.6 Å². The molecule has 0 spiro atoms. The Balaban J connectivity index is 2.29. The van der Waals surface area contributed by atoms with Crippen molar-refractivity contribution in [1.29, 1.82) is 0 Å². The predicted octanol–water partition coefficient (Wildman–Crippen LogP) is 1.27. The minimum absolute atomic E-state index is 0.212. The lowest BCUT2D eigenvalue weighted by molar-refractivity contribution is -0.139. The van der Waals surface area contributed by atoms with Crippen molar-refractivity contribution in [1.82, 2.24) is 5.32 Å². The maximum Gasteiger partial charge on any atom is 0.306 e. The Hall–Kier alpha value is -1.39. The highest BCUT2D eigenvalue weighted by atomic mass is 16.4. The van der Waals surface area contributed by atoms with Crippen LogP contribution in [0.5, 0.6) is 0 Å². The predicted molar refractivity (Wildman–Crippen MR) is 70.7 cm³/mol. The number of aliphatic hydroxyl groups is 1. The van der Waals surface area contributed by atoms with Crippen molar-refractivity contribution < 1.29 is 15.0 Å². The van der Waals surface area contributed by atoms with Crippen molar-refractivity contribution in [2.24, 2.45) is 0 Å². The second-order valence-corrected chi connectivity index (χ2v) is 4.64. The molecule has 0 aromatic heterocycles. The number of carboxylic acids is 1. The molecule has 4 heteroatoms. The molecule has 0 aliphatic carbocycles. The molecule has 1 rings (SSSR count). The second kappa shape index (κ2) is 7.13. The molecule has 0 aliphatic rings. The standard InChI is InChI=1S/C14H21NO3/c1-10-3-4-11(2)12(7-10)5-6-15-9-13(16)8-14(17)18/h3-4,7,13,15-16H,5-6,8-9H2,1-2H3,(H,17,18). The minimum Gasteiger partial charge on any atom is -0.481 e. The summed E-state index contributed by atoms with van der Waals surface area (Å²) in [6.45, 7) is 5.19. The monoisotopic (exact) mass is 251 g/mol. The fraction of sp³-hybridized carbons (Fsp3) is 0.500. The third-order valence-corrected chi connectivity index (χ3v) is 2.87. The van der Waals surface area contributed by atoms with Crippen LogP contribution in [0, 0.1) is 13.8 Å². The summed E-state index contributed by atoms with van der Waals surface area (Å²) >= 11 is 0. The van der Waals surface area contributed by atoms with Gasteiger partial charge >= 0.3 is 5.97 Å². The van der Waals surface area contributed by atoms with E-state index >= 15 is 0 Å². The van der Waals surface area contributed by atoms with E-state index in [1.807, 2.05) is 0 Å². The van der Waals surface area contributed by atoms with Crippen LogP contribution in [0.2, 0.25) is 0 Å². The van der Waals surface area contributed by atoms with Crippen molar-refractivity contribution >= 4 is 5.97 Å². The van der Waals surface area contributed by atoms with Gasteiger partial charge in [0.25, 0.3) is 0 Å². The number of rotatable bonds is 7. The summed E-state index contributed by atoms with van der Waals surface area (Å²) in [5.74, 6) is -0.973. The van der Waals surface area contributed by atoms with E-state index < -0.39 is 12.1 Å². The molecule has 1 aromatic carbocycles. The van der Waals surface area contributed by atoms with Crippen LogP contribution in [0.15, 0.2) is 18.2 Å². The van der Waals surface area contributed by atoms with E-state index in [0.717, 1.165) is 13.0 Å². The van der Waals surface area contributed by atoms with Gasteiger partial charge < -0.3 is 15.5 Å². The number of nitrogens with one attached hydrogen (secondary N) is 1. The van der Waals surface area contributed by atoms with Gasteiger partial charge in [0.2, 0.25) is 0 Å². The molecule has 1 aromatic rings. The molecule has 0 amide bonds. The lowest BCUT2D eigenvalue weighted by Gasteiger charge is -2.11. The molecular weight excluding hydrogens is 230 g/mol. The number of benzene rings is 1. The molecule has 0 bridgehead atoms. The van der Waals surface area contributed by atoms with E-state index in [4.69, 9.17) is 5.11 Å². The van der Waals surface area contributed by atoms with Crippen LogP contribution in [0.3, 0.4) is 0 Å². The Labute approximate surface area is 108 Å². The van der Waals surface area contributed by atoms with Crippen LogP contribution in [0.1, 0.15) is 23.1 Å². The first-order chi connectivity index (χ1) is 8.49. The van der Waals surface area contributed by atoms with Crippen molar-refractivity contribution in [2.75, 3.05) is 13.1 Å². The third-order valence-electron chi connectivity index (χ3n) is 2.87. The molecule has 0 saturated carbocycles. The van der Waals surface area contributed by atoms with Gasteiger partial charge in [0.15, 0.2) is 0 Å². The van der Waals surface area contributed by atoms with Crippen molar-refractivity contribution in [3.63, 3.8) is 0 Å². The minimum atomic E-state index is -0.973. The molecule has 0 fully saturated rings. The highest BCUT2D eigenvalue weighted by Gasteiger charge is 2.08. The summed E-state index contributed by atoms with van der Waals surface area (Å²) in [6.07, 6.45) is -0.148. The van der Waals surface area contributed by atoms with Gasteiger partial charge in [0.1, 0.15) is 0 Å².